The van der Waals surface area contributed by atoms with Crippen molar-refractivity contribution in [3.8, 4) is 22.8 Å². The zero-order valence-corrected chi connectivity index (χ0v) is 29.9. The van der Waals surface area contributed by atoms with E-state index >= 15 is 0 Å². The number of carbonyl (C=O) groups excluding carboxylic acids is 3. The number of hydrogen-bond donors (Lipinski definition) is 3. The Kier molecular flexibility index (Phi) is 10.5. The van der Waals surface area contributed by atoms with Crippen LogP contribution in [0.4, 0.5) is 10.5 Å². The lowest BCUT2D eigenvalue weighted by Crippen LogP contribution is -2.57. The van der Waals surface area contributed by atoms with E-state index in [0.29, 0.717) is 28.1 Å². The van der Waals surface area contributed by atoms with Gasteiger partial charge in [-0.25, -0.2) is 14.6 Å². The molecule has 1 fully saturated rings. The van der Waals surface area contributed by atoms with Gasteiger partial charge in [-0.3, -0.25) is 9.59 Å². The molecule has 12 heteroatoms. The van der Waals surface area contributed by atoms with Crippen LogP contribution in [0.1, 0.15) is 58.3 Å². The second-order valence-electron chi connectivity index (χ2n) is 14.6. The molecular formula is C39H44N4O8. The summed E-state index contributed by atoms with van der Waals surface area (Å²) in [5.74, 6) is -1.04. The van der Waals surface area contributed by atoms with E-state index in [1.807, 2.05) is 69.3 Å². The number of amides is 3. The van der Waals surface area contributed by atoms with Gasteiger partial charge in [0, 0.05) is 35.2 Å². The predicted molar refractivity (Wildman–Crippen MR) is 193 cm³/mol. The average molecular weight is 697 g/mol. The number of alkyl carbamates (subject to hydrolysis) is 1. The van der Waals surface area contributed by atoms with Crippen LogP contribution < -0.4 is 20.1 Å². The Bertz CT molecular complexity index is 1930. The fourth-order valence-corrected chi connectivity index (χ4v) is 5.91. The van der Waals surface area contributed by atoms with Crippen LogP contribution in [0.5, 0.6) is 11.5 Å². The van der Waals surface area contributed by atoms with E-state index in [-0.39, 0.29) is 24.2 Å². The molecule has 4 aromatic rings. The third kappa shape index (κ3) is 8.94. The van der Waals surface area contributed by atoms with Crippen LogP contribution in [0.25, 0.3) is 22.2 Å². The van der Waals surface area contributed by atoms with Crippen molar-refractivity contribution in [2.75, 3.05) is 19.0 Å². The van der Waals surface area contributed by atoms with Crippen LogP contribution in [0.15, 0.2) is 78.9 Å². The SMILES string of the molecule is COc1ccc2c(O[C@@H]3C[C@@H](C(=O)Nc4cccc(C(=O)O)c4)N(C(=O)[C@@H](NC(=O)OC(C)(C)C)C(C)(C)C)C3)cc(-c3ccccc3)nc2c1. The summed E-state index contributed by atoms with van der Waals surface area (Å²) in [5.41, 5.74) is 0.866. The lowest BCUT2D eigenvalue weighted by Gasteiger charge is -2.35. The molecule has 3 atom stereocenters. The van der Waals surface area contributed by atoms with E-state index in [4.69, 9.17) is 19.2 Å². The molecule has 3 N–H and O–H groups in total. The summed E-state index contributed by atoms with van der Waals surface area (Å²) in [6.07, 6.45) is -1.30. The normalized spacial score (nSPS) is 16.6. The number of benzene rings is 3. The van der Waals surface area contributed by atoms with Crippen LogP contribution >= 0.6 is 0 Å². The molecule has 51 heavy (non-hydrogen) atoms. The van der Waals surface area contributed by atoms with Crippen molar-refractivity contribution < 1.29 is 38.5 Å². The van der Waals surface area contributed by atoms with Gasteiger partial charge in [-0.1, -0.05) is 57.2 Å². The van der Waals surface area contributed by atoms with E-state index in [1.54, 1.807) is 40.0 Å². The highest BCUT2D eigenvalue weighted by Gasteiger charge is 2.46. The van der Waals surface area contributed by atoms with Gasteiger partial charge >= 0.3 is 12.1 Å². The summed E-state index contributed by atoms with van der Waals surface area (Å²) >= 11 is 0. The Morgan fingerprint density at radius 2 is 1.65 bits per heavy atom. The summed E-state index contributed by atoms with van der Waals surface area (Å²) < 4.78 is 17.6. The molecule has 3 aromatic carbocycles. The molecule has 0 radical (unpaired) electrons. The molecule has 5 rings (SSSR count). The molecule has 0 unspecified atom stereocenters. The van der Waals surface area contributed by atoms with E-state index < -0.39 is 53.1 Å². The number of methoxy groups -OCH3 is 1. The van der Waals surface area contributed by atoms with Crippen molar-refractivity contribution in [2.45, 2.75) is 71.8 Å². The predicted octanol–water partition coefficient (Wildman–Crippen LogP) is 6.54. The van der Waals surface area contributed by atoms with Crippen LogP contribution in [0.2, 0.25) is 0 Å². The molecule has 0 spiro atoms. The number of likely N-dealkylation sites (tertiary alicyclic amines) is 1. The van der Waals surface area contributed by atoms with Crippen LogP contribution in [-0.4, -0.2) is 76.3 Å². The number of fused-ring (bicyclic) bond motifs is 1. The first-order valence-electron chi connectivity index (χ1n) is 16.7. The second kappa shape index (κ2) is 14.7. The van der Waals surface area contributed by atoms with Gasteiger partial charge in [0.05, 0.1) is 30.4 Å². The highest BCUT2D eigenvalue weighted by molar-refractivity contribution is 6.00. The topological polar surface area (TPSA) is 156 Å². The van der Waals surface area contributed by atoms with Gasteiger partial charge in [-0.2, -0.15) is 0 Å². The zero-order chi connectivity index (χ0) is 37.1. The monoisotopic (exact) mass is 696 g/mol. The van der Waals surface area contributed by atoms with Crippen LogP contribution in [0.3, 0.4) is 0 Å². The maximum absolute atomic E-state index is 14.4. The van der Waals surface area contributed by atoms with Crippen molar-refractivity contribution in [1.82, 2.24) is 15.2 Å². The largest absolute Gasteiger partial charge is 0.497 e. The summed E-state index contributed by atoms with van der Waals surface area (Å²) in [6.45, 7) is 10.6. The summed E-state index contributed by atoms with van der Waals surface area (Å²) in [6, 6.07) is 20.7. The Morgan fingerprint density at radius 1 is 0.922 bits per heavy atom. The maximum atomic E-state index is 14.4. The highest BCUT2D eigenvalue weighted by Crippen LogP contribution is 2.35. The number of aromatic nitrogens is 1. The molecule has 0 saturated carbocycles. The number of ether oxygens (including phenoxy) is 3. The molecule has 1 aliphatic heterocycles. The van der Waals surface area contributed by atoms with Crippen LogP contribution in [0, 0.1) is 5.41 Å². The fraction of sp³-hybridized carbons (Fsp3) is 0.359. The fourth-order valence-electron chi connectivity index (χ4n) is 5.91. The molecule has 1 aromatic heterocycles. The number of nitrogens with one attached hydrogen (secondary N) is 2. The first-order chi connectivity index (χ1) is 24.0. The molecule has 0 bridgehead atoms. The van der Waals surface area contributed by atoms with Gasteiger partial charge < -0.3 is 34.9 Å². The molecule has 3 amide bonds. The Balaban J connectivity index is 1.51. The quantitative estimate of drug-likeness (QED) is 0.177. The minimum absolute atomic E-state index is 0.00172. The maximum Gasteiger partial charge on any atom is 0.408 e. The van der Waals surface area contributed by atoms with Crippen molar-refractivity contribution in [2.24, 2.45) is 5.41 Å². The standard InChI is InChI=1S/C39H44N4O8/c1-38(2,3)33(42-37(48)51-39(4,5)6)35(45)43-22-27(20-31(43)34(44)40-25-15-11-14-24(18-25)36(46)47)50-32-21-29(23-12-9-8-10-13-23)41-30-19-26(49-7)16-17-28(30)32/h8-19,21,27,31,33H,20,22H2,1-7H3,(H,40,44)(H,42,48)(H,46,47)/t27-,31+,33-/m1/s1. The number of carboxylic acids is 1. The highest BCUT2D eigenvalue weighted by atomic mass is 16.6. The Labute approximate surface area is 297 Å². The van der Waals surface area contributed by atoms with Crippen molar-refractivity contribution in [3.63, 3.8) is 0 Å². The van der Waals surface area contributed by atoms with Crippen molar-refractivity contribution >= 4 is 40.5 Å². The van der Waals surface area contributed by atoms with Gasteiger partial charge in [0.15, 0.2) is 0 Å². The molecule has 1 saturated heterocycles. The minimum atomic E-state index is -1.14. The number of pyridine rings is 1. The van der Waals surface area contributed by atoms with E-state index in [2.05, 4.69) is 10.6 Å². The first kappa shape index (κ1) is 36.6. The number of anilines is 1. The van der Waals surface area contributed by atoms with E-state index in [1.165, 1.54) is 23.1 Å². The molecule has 268 valence electrons. The van der Waals surface area contributed by atoms with Gasteiger partial charge in [0.25, 0.3) is 0 Å². The number of nitrogens with zero attached hydrogens (tertiary/aromatic N) is 2. The lowest BCUT2D eigenvalue weighted by atomic mass is 9.85. The summed E-state index contributed by atoms with van der Waals surface area (Å²) in [4.78, 5) is 59.2. The number of rotatable bonds is 9. The Morgan fingerprint density at radius 3 is 2.29 bits per heavy atom. The average Bonchev–Trinajstić information content (AvgIpc) is 3.49. The Hall–Kier alpha value is -5.65. The van der Waals surface area contributed by atoms with Crippen molar-refractivity contribution in [3.05, 3.63) is 84.4 Å². The molecule has 0 aliphatic carbocycles. The molecular weight excluding hydrogens is 652 g/mol. The third-order valence-electron chi connectivity index (χ3n) is 8.34. The molecule has 1 aliphatic rings. The number of carboxylic acid groups (broad SMARTS) is 1. The van der Waals surface area contributed by atoms with E-state index in [9.17, 15) is 24.3 Å². The number of hydrogen-bond acceptors (Lipinski definition) is 8. The van der Waals surface area contributed by atoms with Crippen LogP contribution in [-0.2, 0) is 14.3 Å². The van der Waals surface area contributed by atoms with E-state index in [0.717, 1.165) is 5.56 Å². The first-order valence-corrected chi connectivity index (χ1v) is 16.7. The summed E-state index contributed by atoms with van der Waals surface area (Å²) in [5, 5.41) is 15.7. The minimum Gasteiger partial charge on any atom is -0.497 e. The van der Waals surface area contributed by atoms with Gasteiger partial charge in [-0.05, 0) is 56.5 Å². The number of aromatic carboxylic acids is 1. The van der Waals surface area contributed by atoms with Gasteiger partial charge in [-0.15, -0.1) is 0 Å². The lowest BCUT2D eigenvalue weighted by molar-refractivity contribution is -0.140. The smallest absolute Gasteiger partial charge is 0.408 e. The molecule has 2 heterocycles. The third-order valence-corrected chi connectivity index (χ3v) is 8.34. The zero-order valence-electron chi connectivity index (χ0n) is 29.9. The molecule has 12 nitrogen and oxygen atoms in total. The second-order valence-corrected chi connectivity index (χ2v) is 14.6. The van der Waals surface area contributed by atoms with Gasteiger partial charge in [0.2, 0.25) is 11.8 Å². The summed E-state index contributed by atoms with van der Waals surface area (Å²) in [7, 11) is 1.58. The number of carbonyl (C=O) groups is 4. The van der Waals surface area contributed by atoms with Gasteiger partial charge in [0.1, 0.15) is 35.3 Å². The van der Waals surface area contributed by atoms with Crippen molar-refractivity contribution in [1.29, 1.82) is 0 Å².